The average Bonchev–Trinajstić information content (AvgIpc) is 2.71. The quantitative estimate of drug-likeness (QED) is 0.665. The van der Waals surface area contributed by atoms with Crippen molar-refractivity contribution in [1.29, 1.82) is 0 Å². The Kier molecular flexibility index (Phi) is 5.31. The molecule has 4 heteroatoms. The molecule has 2 atom stereocenters. The van der Waals surface area contributed by atoms with Gasteiger partial charge in [0.1, 0.15) is 12.4 Å². The molecular formula is C24H25NO3. The van der Waals surface area contributed by atoms with Crippen molar-refractivity contribution in [3.63, 3.8) is 0 Å². The fourth-order valence-electron chi connectivity index (χ4n) is 3.69. The second-order valence-electron chi connectivity index (χ2n) is 7.46. The van der Waals surface area contributed by atoms with E-state index in [9.17, 15) is 4.79 Å². The molecule has 144 valence electrons. The molecule has 4 nitrogen and oxygen atoms in total. The smallest absolute Gasteiger partial charge is 0.254 e. The highest BCUT2D eigenvalue weighted by atomic mass is 16.5. The number of fused-ring (bicyclic) bond motifs is 1. The third-order valence-electron chi connectivity index (χ3n) is 5.03. The summed E-state index contributed by atoms with van der Waals surface area (Å²) in [6, 6.07) is 22.0. The van der Waals surface area contributed by atoms with Crippen LogP contribution in [0.25, 0.3) is 10.8 Å². The van der Waals surface area contributed by atoms with Crippen LogP contribution in [0.15, 0.2) is 66.7 Å². The van der Waals surface area contributed by atoms with Crippen molar-refractivity contribution >= 4 is 16.7 Å². The Morgan fingerprint density at radius 1 is 0.964 bits per heavy atom. The van der Waals surface area contributed by atoms with Crippen LogP contribution in [0.5, 0.6) is 5.75 Å². The Morgan fingerprint density at radius 2 is 1.64 bits per heavy atom. The fourth-order valence-corrected chi connectivity index (χ4v) is 3.69. The maximum Gasteiger partial charge on any atom is 0.254 e. The summed E-state index contributed by atoms with van der Waals surface area (Å²) in [4.78, 5) is 14.6. The second kappa shape index (κ2) is 8.03. The van der Waals surface area contributed by atoms with Crippen LogP contribution in [0.1, 0.15) is 29.8 Å². The zero-order valence-electron chi connectivity index (χ0n) is 16.3. The van der Waals surface area contributed by atoms with E-state index >= 15 is 0 Å². The van der Waals surface area contributed by atoms with Crippen molar-refractivity contribution in [2.75, 3.05) is 13.1 Å². The van der Waals surface area contributed by atoms with Gasteiger partial charge in [0.15, 0.2) is 0 Å². The van der Waals surface area contributed by atoms with Gasteiger partial charge in [-0.05, 0) is 54.4 Å². The van der Waals surface area contributed by atoms with Gasteiger partial charge in [-0.2, -0.15) is 0 Å². The molecule has 1 aliphatic heterocycles. The summed E-state index contributed by atoms with van der Waals surface area (Å²) in [6.45, 7) is 5.75. The molecule has 0 bridgehead atoms. The predicted molar refractivity (Wildman–Crippen MR) is 111 cm³/mol. The van der Waals surface area contributed by atoms with Crippen LogP contribution in [0.4, 0.5) is 0 Å². The molecule has 3 aromatic carbocycles. The van der Waals surface area contributed by atoms with Crippen LogP contribution >= 0.6 is 0 Å². The highest BCUT2D eigenvalue weighted by molar-refractivity contribution is 5.94. The third kappa shape index (κ3) is 4.18. The van der Waals surface area contributed by atoms with E-state index in [1.54, 1.807) is 0 Å². The molecule has 0 spiro atoms. The normalized spacial score (nSPS) is 19.6. The van der Waals surface area contributed by atoms with E-state index in [-0.39, 0.29) is 18.1 Å². The first kappa shape index (κ1) is 18.5. The molecule has 1 heterocycles. The van der Waals surface area contributed by atoms with Crippen LogP contribution in [-0.4, -0.2) is 36.1 Å². The molecule has 0 radical (unpaired) electrons. The Morgan fingerprint density at radius 3 is 2.36 bits per heavy atom. The second-order valence-corrected chi connectivity index (χ2v) is 7.46. The summed E-state index contributed by atoms with van der Waals surface area (Å²) in [5.74, 6) is 0.902. The standard InChI is InChI=1S/C24H25NO3/c1-17-14-25(15-18(2)28-17)24(26)21-9-7-19(8-10-21)16-27-23-12-11-20-5-3-4-6-22(20)13-23/h3-13,17-18H,14-16H2,1-2H3. The SMILES string of the molecule is CC1CN(C(=O)c2ccc(COc3ccc4ccccc4c3)cc2)CC(C)O1. The van der Waals surface area contributed by atoms with Crippen LogP contribution < -0.4 is 4.74 Å². The summed E-state index contributed by atoms with van der Waals surface area (Å²) in [6.07, 6.45) is 0.143. The zero-order valence-corrected chi connectivity index (χ0v) is 16.3. The molecule has 2 unspecified atom stereocenters. The minimum atomic E-state index is 0.0593. The molecular weight excluding hydrogens is 350 g/mol. The molecule has 28 heavy (non-hydrogen) atoms. The van der Waals surface area contributed by atoms with Crippen molar-refractivity contribution in [3.8, 4) is 5.75 Å². The molecule has 0 N–H and O–H groups in total. The summed E-state index contributed by atoms with van der Waals surface area (Å²) in [5, 5.41) is 2.36. The van der Waals surface area contributed by atoms with Gasteiger partial charge in [0, 0.05) is 18.7 Å². The molecule has 1 saturated heterocycles. The topological polar surface area (TPSA) is 38.8 Å². The monoisotopic (exact) mass is 375 g/mol. The molecule has 0 aliphatic carbocycles. The van der Waals surface area contributed by atoms with E-state index < -0.39 is 0 Å². The first-order valence-corrected chi connectivity index (χ1v) is 9.74. The van der Waals surface area contributed by atoms with E-state index in [4.69, 9.17) is 9.47 Å². The van der Waals surface area contributed by atoms with Gasteiger partial charge in [0.05, 0.1) is 12.2 Å². The first-order valence-electron chi connectivity index (χ1n) is 9.74. The van der Waals surface area contributed by atoms with Crippen molar-refractivity contribution in [2.24, 2.45) is 0 Å². The number of hydrogen-bond donors (Lipinski definition) is 0. The summed E-state index contributed by atoms with van der Waals surface area (Å²) < 4.78 is 11.6. The lowest BCUT2D eigenvalue weighted by atomic mass is 10.1. The van der Waals surface area contributed by atoms with Crippen LogP contribution in [0.3, 0.4) is 0 Å². The van der Waals surface area contributed by atoms with Gasteiger partial charge in [-0.3, -0.25) is 4.79 Å². The Balaban J connectivity index is 1.39. The van der Waals surface area contributed by atoms with Gasteiger partial charge in [-0.1, -0.05) is 42.5 Å². The maximum absolute atomic E-state index is 12.7. The van der Waals surface area contributed by atoms with Crippen LogP contribution in [-0.2, 0) is 11.3 Å². The molecule has 1 amide bonds. The lowest BCUT2D eigenvalue weighted by Gasteiger charge is -2.35. The van der Waals surface area contributed by atoms with Gasteiger partial charge < -0.3 is 14.4 Å². The van der Waals surface area contributed by atoms with Crippen molar-refractivity contribution < 1.29 is 14.3 Å². The molecule has 4 rings (SSSR count). The van der Waals surface area contributed by atoms with Crippen molar-refractivity contribution in [2.45, 2.75) is 32.7 Å². The Labute approximate surface area is 165 Å². The van der Waals surface area contributed by atoms with Crippen molar-refractivity contribution in [3.05, 3.63) is 77.9 Å². The lowest BCUT2D eigenvalue weighted by molar-refractivity contribution is -0.0586. The minimum absolute atomic E-state index is 0.0593. The summed E-state index contributed by atoms with van der Waals surface area (Å²) in [5.41, 5.74) is 1.74. The number of carbonyl (C=O) groups is 1. The van der Waals surface area contributed by atoms with Gasteiger partial charge >= 0.3 is 0 Å². The molecule has 1 aliphatic rings. The first-order chi connectivity index (χ1) is 13.6. The van der Waals surface area contributed by atoms with Gasteiger partial charge in [0.2, 0.25) is 0 Å². The van der Waals surface area contributed by atoms with E-state index in [1.807, 2.05) is 67.3 Å². The number of nitrogens with zero attached hydrogens (tertiary/aromatic N) is 1. The number of benzene rings is 3. The number of rotatable bonds is 4. The molecule has 1 fully saturated rings. The van der Waals surface area contributed by atoms with Gasteiger partial charge in [-0.15, -0.1) is 0 Å². The average molecular weight is 375 g/mol. The van der Waals surface area contributed by atoms with Gasteiger partial charge in [0.25, 0.3) is 5.91 Å². The zero-order chi connectivity index (χ0) is 19.5. The Hall–Kier alpha value is -2.85. The molecule has 0 saturated carbocycles. The molecule has 0 aromatic heterocycles. The van der Waals surface area contributed by atoms with Gasteiger partial charge in [-0.25, -0.2) is 0 Å². The highest BCUT2D eigenvalue weighted by Gasteiger charge is 2.26. The minimum Gasteiger partial charge on any atom is -0.489 e. The third-order valence-corrected chi connectivity index (χ3v) is 5.03. The number of carbonyl (C=O) groups excluding carboxylic acids is 1. The largest absolute Gasteiger partial charge is 0.489 e. The Bertz CT molecular complexity index is 957. The molecule has 3 aromatic rings. The maximum atomic E-state index is 12.7. The van der Waals surface area contributed by atoms with Crippen LogP contribution in [0.2, 0.25) is 0 Å². The van der Waals surface area contributed by atoms with E-state index in [0.717, 1.165) is 16.7 Å². The van der Waals surface area contributed by atoms with E-state index in [0.29, 0.717) is 25.3 Å². The highest BCUT2D eigenvalue weighted by Crippen LogP contribution is 2.22. The summed E-state index contributed by atoms with van der Waals surface area (Å²) >= 11 is 0. The number of ether oxygens (including phenoxy) is 2. The van der Waals surface area contributed by atoms with Crippen molar-refractivity contribution in [1.82, 2.24) is 4.90 Å². The predicted octanol–water partition coefficient (Wildman–Crippen LogP) is 4.67. The number of amides is 1. The number of hydrogen-bond acceptors (Lipinski definition) is 3. The lowest BCUT2D eigenvalue weighted by Crippen LogP contribution is -2.48. The summed E-state index contributed by atoms with van der Waals surface area (Å²) in [7, 11) is 0. The van der Waals surface area contributed by atoms with E-state index in [1.165, 1.54) is 5.39 Å². The van der Waals surface area contributed by atoms with Crippen LogP contribution in [0, 0.1) is 0 Å². The fraction of sp³-hybridized carbons (Fsp3) is 0.292. The van der Waals surface area contributed by atoms with E-state index in [2.05, 4.69) is 18.2 Å². The number of morpholine rings is 1.